The van der Waals surface area contributed by atoms with Gasteiger partial charge in [0.2, 0.25) is 11.6 Å². The van der Waals surface area contributed by atoms with Crippen molar-refractivity contribution in [2.45, 2.75) is 136 Å². The molecule has 18 atom stereocenters. The van der Waals surface area contributed by atoms with Crippen LogP contribution in [0.15, 0.2) is 0 Å². The van der Waals surface area contributed by atoms with E-state index in [1.54, 1.807) is 13.8 Å². The van der Waals surface area contributed by atoms with Crippen LogP contribution in [0.25, 0.3) is 0 Å². The van der Waals surface area contributed by atoms with Crippen molar-refractivity contribution < 1.29 is 129 Å². The molecule has 0 aromatic heterocycles. The molecule has 338 valence electrons. The van der Waals surface area contributed by atoms with Crippen LogP contribution < -0.4 is 0 Å². The van der Waals surface area contributed by atoms with Gasteiger partial charge in [0, 0.05) is 0 Å². The number of hydrogen-bond donors (Lipinski definition) is 15. The van der Waals surface area contributed by atoms with Crippen molar-refractivity contribution in [3.05, 3.63) is 0 Å². The van der Waals surface area contributed by atoms with Gasteiger partial charge in [-0.15, -0.1) is 0 Å². The van der Waals surface area contributed by atoms with Crippen LogP contribution in [-0.4, -0.2) is 244 Å². The number of aliphatic hydroxyl groups is 14. The predicted octanol–water partition coefficient (Wildman–Crippen LogP) is -9.17. The Labute approximate surface area is 328 Å². The smallest absolute Gasteiger partial charge is 0.308 e. The Morgan fingerprint density at radius 1 is 0.552 bits per heavy atom. The number of carboxylic acids is 1. The number of carboxylic acid groups (broad SMARTS) is 1. The Balaban J connectivity index is 0.000000311. The Hall–Kier alpha value is -2.39. The molecule has 4 saturated heterocycles. The zero-order valence-corrected chi connectivity index (χ0v) is 31.2. The lowest BCUT2D eigenvalue weighted by Gasteiger charge is -2.43. The molecule has 4 aliphatic heterocycles. The van der Waals surface area contributed by atoms with Gasteiger partial charge >= 0.3 is 17.9 Å². The van der Waals surface area contributed by atoms with E-state index in [0.29, 0.717) is 0 Å². The summed E-state index contributed by atoms with van der Waals surface area (Å²) in [5.41, 5.74) is 0. The number of ether oxygens (including phenoxy) is 8. The second-order valence-corrected chi connectivity index (χ2v) is 14.1. The van der Waals surface area contributed by atoms with Gasteiger partial charge in [0.15, 0.2) is 12.6 Å². The van der Waals surface area contributed by atoms with E-state index >= 15 is 0 Å². The maximum atomic E-state index is 11.6. The summed E-state index contributed by atoms with van der Waals surface area (Å²) in [6.07, 6.45) is -27.4. The molecule has 15 N–H and O–H groups in total. The monoisotopic (exact) mass is 854 g/mol. The van der Waals surface area contributed by atoms with Gasteiger partial charge in [0.25, 0.3) is 0 Å². The van der Waals surface area contributed by atoms with E-state index in [4.69, 9.17) is 43.0 Å². The third kappa shape index (κ3) is 11.3. The van der Waals surface area contributed by atoms with Crippen LogP contribution >= 0.6 is 0 Å². The van der Waals surface area contributed by atoms with Gasteiger partial charge < -0.3 is 114 Å². The molecule has 26 heteroatoms. The first-order valence-corrected chi connectivity index (χ1v) is 17.9. The number of carbonyl (C=O) groups excluding carboxylic acids is 2. The molecule has 4 aliphatic rings. The summed E-state index contributed by atoms with van der Waals surface area (Å²) < 4.78 is 41.4. The Morgan fingerprint density at radius 2 is 0.948 bits per heavy atom. The standard InChI is InChI=1S/C16H26O14.C16H28O12/c17-3-6-11(23)14(26)16(5-18,29-6)30-15-13(25)12(24)10(22)7(28-15)4-27-9(21)2-1-8(19)20;1-6(2)14(24)25-4-8-9(19)11(21)12(22)15(26-8)28-16(5-18)13(23)10(20)7(3-17)27-16/h6-7,10-15,17-18,22-26H,1-5H2,(H,19,20);6-13,15,17-23H,3-5H2,1-2H3/t6-,7-,10-,11-,12+,13-,14+,15-,16+;7-,8-,9-,10-,11+,12-,13+,15-,16+/m11/s1. The van der Waals surface area contributed by atoms with Crippen molar-refractivity contribution >= 4 is 17.9 Å². The van der Waals surface area contributed by atoms with Crippen LogP contribution in [0.2, 0.25) is 0 Å². The molecule has 4 fully saturated rings. The lowest BCUT2D eigenvalue weighted by Crippen LogP contribution is -2.62. The van der Waals surface area contributed by atoms with E-state index in [1.807, 2.05) is 0 Å². The summed E-state index contributed by atoms with van der Waals surface area (Å²) in [7, 11) is 0. The van der Waals surface area contributed by atoms with Crippen molar-refractivity contribution in [1.82, 2.24) is 0 Å². The fraction of sp³-hybridized carbons (Fsp3) is 0.906. The first kappa shape index (κ1) is 50.0. The Morgan fingerprint density at radius 3 is 1.28 bits per heavy atom. The summed E-state index contributed by atoms with van der Waals surface area (Å²) in [5.74, 6) is -7.76. The second kappa shape index (κ2) is 21.4. The summed E-state index contributed by atoms with van der Waals surface area (Å²) in [5, 5.41) is 147. The molecule has 58 heavy (non-hydrogen) atoms. The highest BCUT2D eigenvalue weighted by atomic mass is 16.8. The van der Waals surface area contributed by atoms with Crippen molar-refractivity contribution in [1.29, 1.82) is 0 Å². The summed E-state index contributed by atoms with van der Waals surface area (Å²) >= 11 is 0. The van der Waals surface area contributed by atoms with Gasteiger partial charge in [-0.25, -0.2) is 0 Å². The average molecular weight is 855 g/mol. The minimum atomic E-state index is -2.33. The maximum absolute atomic E-state index is 11.6. The van der Waals surface area contributed by atoms with Gasteiger partial charge in [-0.1, -0.05) is 13.8 Å². The van der Waals surface area contributed by atoms with E-state index in [-0.39, 0.29) is 0 Å². The quantitative estimate of drug-likeness (QED) is 0.0641. The SMILES string of the molecule is CC(C)C(=O)OC[C@H]1O[C@H](O[C@]2(CO)O[C@H](CO)[C@@H](O)[C@@H]2O)[C@H](O)[C@@H](O)[C@@H]1O.O=C(O)CCC(=O)OC[C@H]1O[C@H](O[C@]2(CO)O[C@H](CO)[C@@H](O)[C@@H]2O)[C@H](O)[C@@H](O)[C@@H]1O. The number of aliphatic carboxylic acids is 1. The molecular formula is C32H54O26. The van der Waals surface area contributed by atoms with E-state index in [9.17, 15) is 85.9 Å². The highest BCUT2D eigenvalue weighted by Crippen LogP contribution is 2.37. The fourth-order valence-electron chi connectivity index (χ4n) is 6.02. The molecule has 4 heterocycles. The number of rotatable bonds is 16. The van der Waals surface area contributed by atoms with Gasteiger partial charge in [0.1, 0.15) is 112 Å². The third-order valence-corrected chi connectivity index (χ3v) is 9.59. The first-order chi connectivity index (χ1) is 27.1. The average Bonchev–Trinajstić information content (AvgIpc) is 3.59. The Kier molecular flexibility index (Phi) is 18.4. The highest BCUT2D eigenvalue weighted by molar-refractivity contribution is 5.76. The molecule has 0 spiro atoms. The predicted molar refractivity (Wildman–Crippen MR) is 177 cm³/mol. The molecule has 0 radical (unpaired) electrons. The zero-order valence-electron chi connectivity index (χ0n) is 31.2. The van der Waals surface area contributed by atoms with Crippen molar-refractivity contribution in [3.8, 4) is 0 Å². The minimum Gasteiger partial charge on any atom is -0.481 e. The van der Waals surface area contributed by atoms with Crippen LogP contribution in [0, 0.1) is 5.92 Å². The van der Waals surface area contributed by atoms with E-state index in [2.05, 4.69) is 0 Å². The molecule has 0 unspecified atom stereocenters. The minimum absolute atomic E-state index is 0.445. The normalized spacial score (nSPS) is 42.8. The van der Waals surface area contributed by atoms with E-state index < -0.39 is 186 Å². The van der Waals surface area contributed by atoms with E-state index in [0.717, 1.165) is 0 Å². The second-order valence-electron chi connectivity index (χ2n) is 14.1. The molecule has 0 saturated carbocycles. The molecule has 0 bridgehead atoms. The topological polar surface area (TPSA) is 429 Å². The number of aliphatic hydroxyl groups excluding tert-OH is 14. The molecular weight excluding hydrogens is 800 g/mol. The molecule has 0 amide bonds. The maximum Gasteiger partial charge on any atom is 0.308 e. The summed E-state index contributed by atoms with van der Waals surface area (Å²) in [6, 6.07) is 0. The molecule has 26 nitrogen and oxygen atoms in total. The molecule has 0 aromatic rings. The van der Waals surface area contributed by atoms with Crippen molar-refractivity contribution in [3.63, 3.8) is 0 Å². The summed E-state index contributed by atoms with van der Waals surface area (Å²) in [6.45, 7) is -1.35. The van der Waals surface area contributed by atoms with Gasteiger partial charge in [-0.2, -0.15) is 0 Å². The molecule has 0 aromatic carbocycles. The van der Waals surface area contributed by atoms with Crippen LogP contribution in [0.4, 0.5) is 0 Å². The molecule has 4 rings (SSSR count). The van der Waals surface area contributed by atoms with Crippen LogP contribution in [0.3, 0.4) is 0 Å². The number of esters is 2. The van der Waals surface area contributed by atoms with Crippen LogP contribution in [0.5, 0.6) is 0 Å². The lowest BCUT2D eigenvalue weighted by molar-refractivity contribution is -0.383. The van der Waals surface area contributed by atoms with E-state index in [1.165, 1.54) is 0 Å². The van der Waals surface area contributed by atoms with Crippen LogP contribution in [-0.2, 0) is 52.3 Å². The lowest BCUT2D eigenvalue weighted by atomic mass is 9.99. The van der Waals surface area contributed by atoms with Crippen LogP contribution in [0.1, 0.15) is 26.7 Å². The molecule has 0 aliphatic carbocycles. The zero-order chi connectivity index (χ0) is 43.9. The first-order valence-electron chi connectivity index (χ1n) is 17.9. The number of carbonyl (C=O) groups is 3. The Bertz CT molecular complexity index is 1320. The van der Waals surface area contributed by atoms with Gasteiger partial charge in [-0.3, -0.25) is 14.4 Å². The largest absolute Gasteiger partial charge is 0.481 e. The van der Waals surface area contributed by atoms with Crippen molar-refractivity contribution in [2.75, 3.05) is 39.6 Å². The van der Waals surface area contributed by atoms with Gasteiger partial charge in [0.05, 0.1) is 32.0 Å². The summed E-state index contributed by atoms with van der Waals surface area (Å²) in [4.78, 5) is 33.6. The van der Waals surface area contributed by atoms with Gasteiger partial charge in [-0.05, 0) is 0 Å². The third-order valence-electron chi connectivity index (χ3n) is 9.59. The fourth-order valence-corrected chi connectivity index (χ4v) is 6.02. The van der Waals surface area contributed by atoms with Crippen molar-refractivity contribution in [2.24, 2.45) is 5.92 Å². The number of hydrogen-bond acceptors (Lipinski definition) is 25. The highest BCUT2D eigenvalue weighted by Gasteiger charge is 2.60.